The molecule has 5 heteroatoms. The predicted octanol–water partition coefficient (Wildman–Crippen LogP) is -0.371. The first-order chi connectivity index (χ1) is 4.79. The minimum Gasteiger partial charge on any atom is -0.291 e. The van der Waals surface area contributed by atoms with Crippen LogP contribution in [-0.2, 0) is 15.2 Å². The van der Waals surface area contributed by atoms with Gasteiger partial charge in [0.2, 0.25) is 0 Å². The monoisotopic (exact) mass is 165 g/mol. The number of thiol groups is 1. The fourth-order valence-electron chi connectivity index (χ4n) is 1.01. The van der Waals surface area contributed by atoms with Gasteiger partial charge in [0.25, 0.3) is 11.0 Å². The van der Waals surface area contributed by atoms with E-state index in [1.807, 2.05) is 0 Å². The van der Waals surface area contributed by atoms with Gasteiger partial charge < -0.3 is 0 Å². The van der Waals surface area contributed by atoms with E-state index in [2.05, 4.69) is 9.50 Å². The fraction of sp³-hybridized carbons (Fsp3) is 1.00. The molecular weight excluding hydrogens is 154 g/mol. The van der Waals surface area contributed by atoms with E-state index in [-0.39, 0.29) is 6.23 Å². The number of hydrogen-bond donors (Lipinski definition) is 2. The van der Waals surface area contributed by atoms with E-state index >= 15 is 0 Å². The molecule has 1 unspecified atom stereocenters. The van der Waals surface area contributed by atoms with Crippen molar-refractivity contribution in [2.75, 3.05) is 6.54 Å². The summed E-state index contributed by atoms with van der Waals surface area (Å²) in [5, 5.41) is 2.94. The van der Waals surface area contributed by atoms with Crippen LogP contribution >= 0.6 is 0 Å². The Morgan fingerprint density at radius 2 is 2.20 bits per heavy atom. The van der Waals surface area contributed by atoms with Crippen molar-refractivity contribution in [1.29, 1.82) is 0 Å². The second-order valence-corrected chi connectivity index (χ2v) is 2.93. The van der Waals surface area contributed by atoms with E-state index in [0.29, 0.717) is 0 Å². The van der Waals surface area contributed by atoms with E-state index in [1.165, 1.54) is 0 Å². The summed E-state index contributed by atoms with van der Waals surface area (Å²) in [6, 6.07) is 0. The molecule has 0 aliphatic carbocycles. The molecule has 0 aromatic rings. The molecule has 10 heavy (non-hydrogen) atoms. The Balaban J connectivity index is 2.26. The Kier molecular flexibility index (Phi) is 3.11. The lowest BCUT2D eigenvalue weighted by Gasteiger charge is -2.20. The summed E-state index contributed by atoms with van der Waals surface area (Å²) >= 11 is 0. The quantitative estimate of drug-likeness (QED) is 0.548. The van der Waals surface area contributed by atoms with Crippen LogP contribution in [0.3, 0.4) is 0 Å². The first kappa shape index (κ1) is 7.97. The summed E-state index contributed by atoms with van der Waals surface area (Å²) in [4.78, 5) is 0. The molecule has 4 nitrogen and oxygen atoms in total. The highest BCUT2D eigenvalue weighted by molar-refractivity contribution is 7.67. The van der Waals surface area contributed by atoms with E-state index in [4.69, 9.17) is 0 Å². The Morgan fingerprint density at radius 1 is 1.40 bits per heavy atom. The SMILES string of the molecule is O=[SH](=O)OC1CCCCN1. The minimum absolute atomic E-state index is 0.269. The molecule has 0 radical (unpaired) electrons. The largest absolute Gasteiger partial charge is 0.291 e. The van der Waals surface area contributed by atoms with Gasteiger partial charge in [0.05, 0.1) is 0 Å². The van der Waals surface area contributed by atoms with Crippen molar-refractivity contribution >= 4 is 11.0 Å². The van der Waals surface area contributed by atoms with Crippen molar-refractivity contribution in [2.45, 2.75) is 25.5 Å². The summed E-state index contributed by atoms with van der Waals surface area (Å²) < 4.78 is 24.6. The number of piperidine rings is 1. The van der Waals surface area contributed by atoms with E-state index in [1.54, 1.807) is 0 Å². The normalized spacial score (nSPS) is 27.1. The van der Waals surface area contributed by atoms with Crippen molar-refractivity contribution < 1.29 is 12.6 Å². The molecule has 0 amide bonds. The molecule has 1 aliphatic heterocycles. The summed E-state index contributed by atoms with van der Waals surface area (Å²) in [5.41, 5.74) is 0. The maximum atomic E-state index is 10.0. The van der Waals surface area contributed by atoms with Gasteiger partial charge in [-0.2, -0.15) is 0 Å². The van der Waals surface area contributed by atoms with Gasteiger partial charge in [-0.05, 0) is 25.8 Å². The minimum atomic E-state index is -2.69. The maximum absolute atomic E-state index is 10.0. The van der Waals surface area contributed by atoms with Crippen LogP contribution < -0.4 is 5.32 Å². The van der Waals surface area contributed by atoms with Gasteiger partial charge in [0.15, 0.2) is 0 Å². The second kappa shape index (κ2) is 3.90. The first-order valence-corrected chi connectivity index (χ1v) is 4.43. The molecule has 0 spiro atoms. The molecule has 1 aliphatic rings. The third-order valence-electron chi connectivity index (χ3n) is 1.48. The molecule has 0 aromatic carbocycles. The lowest BCUT2D eigenvalue weighted by molar-refractivity contribution is 0.146. The second-order valence-electron chi connectivity index (χ2n) is 2.27. The van der Waals surface area contributed by atoms with Gasteiger partial charge in [0.1, 0.15) is 6.23 Å². The van der Waals surface area contributed by atoms with Gasteiger partial charge in [-0.1, -0.05) is 0 Å². The third kappa shape index (κ3) is 2.64. The van der Waals surface area contributed by atoms with Gasteiger partial charge >= 0.3 is 0 Å². The van der Waals surface area contributed by atoms with Crippen LogP contribution in [0.15, 0.2) is 0 Å². The fourth-order valence-corrected chi connectivity index (χ4v) is 1.40. The zero-order chi connectivity index (χ0) is 7.40. The van der Waals surface area contributed by atoms with Crippen LogP contribution in [-0.4, -0.2) is 21.2 Å². The van der Waals surface area contributed by atoms with Crippen molar-refractivity contribution in [2.24, 2.45) is 0 Å². The average Bonchev–Trinajstić information content (AvgIpc) is 1.88. The van der Waals surface area contributed by atoms with Gasteiger partial charge in [-0.3, -0.25) is 9.50 Å². The van der Waals surface area contributed by atoms with Gasteiger partial charge in [-0.15, -0.1) is 0 Å². The van der Waals surface area contributed by atoms with Crippen molar-refractivity contribution in [3.63, 3.8) is 0 Å². The molecular formula is C5H11NO3S. The highest BCUT2D eigenvalue weighted by Gasteiger charge is 2.12. The summed E-state index contributed by atoms with van der Waals surface area (Å²) in [5.74, 6) is 0. The van der Waals surface area contributed by atoms with Crippen molar-refractivity contribution in [3.8, 4) is 0 Å². The average molecular weight is 165 g/mol. The Hall–Kier alpha value is -0.130. The van der Waals surface area contributed by atoms with Crippen LogP contribution in [0.25, 0.3) is 0 Å². The molecule has 0 bridgehead atoms. The molecule has 1 heterocycles. The molecule has 1 fully saturated rings. The van der Waals surface area contributed by atoms with Crippen LogP contribution in [0.2, 0.25) is 0 Å². The zero-order valence-corrected chi connectivity index (χ0v) is 6.47. The van der Waals surface area contributed by atoms with Crippen molar-refractivity contribution in [3.05, 3.63) is 0 Å². The Bertz CT molecular complexity index is 154. The Labute approximate surface area is 61.7 Å². The molecule has 60 valence electrons. The molecule has 0 saturated carbocycles. The molecule has 1 atom stereocenters. The topological polar surface area (TPSA) is 55.4 Å². The van der Waals surface area contributed by atoms with Crippen molar-refractivity contribution in [1.82, 2.24) is 5.32 Å². The van der Waals surface area contributed by atoms with E-state index < -0.39 is 11.0 Å². The van der Waals surface area contributed by atoms with Crippen LogP contribution in [0.5, 0.6) is 0 Å². The third-order valence-corrected chi connectivity index (χ3v) is 1.91. The summed E-state index contributed by atoms with van der Waals surface area (Å²) in [6.07, 6.45) is 2.68. The lowest BCUT2D eigenvalue weighted by Crippen LogP contribution is -2.35. The molecule has 0 aromatic heterocycles. The first-order valence-electron chi connectivity index (χ1n) is 3.33. The van der Waals surface area contributed by atoms with Gasteiger partial charge in [0, 0.05) is 0 Å². The number of rotatable bonds is 2. The van der Waals surface area contributed by atoms with E-state index in [9.17, 15) is 8.42 Å². The Morgan fingerprint density at radius 3 is 2.70 bits per heavy atom. The number of hydrogen-bond acceptors (Lipinski definition) is 4. The lowest BCUT2D eigenvalue weighted by atomic mass is 10.1. The van der Waals surface area contributed by atoms with Gasteiger partial charge in [-0.25, -0.2) is 8.42 Å². The summed E-state index contributed by atoms with van der Waals surface area (Å²) in [7, 11) is -2.69. The predicted molar refractivity (Wildman–Crippen MR) is 37.0 cm³/mol. The smallest absolute Gasteiger partial charge is 0.258 e. The molecule has 1 saturated heterocycles. The molecule has 1 N–H and O–H groups in total. The molecule has 1 rings (SSSR count). The standard InChI is InChI=1S/C5H11NO3S/c7-10(8)9-5-3-1-2-4-6-5/h5-6,10H,1-4H2. The van der Waals surface area contributed by atoms with Crippen LogP contribution in [0, 0.1) is 0 Å². The maximum Gasteiger partial charge on any atom is 0.258 e. The van der Waals surface area contributed by atoms with Crippen LogP contribution in [0.4, 0.5) is 0 Å². The number of nitrogens with one attached hydrogen (secondary N) is 1. The van der Waals surface area contributed by atoms with E-state index in [0.717, 1.165) is 25.8 Å². The highest BCUT2D eigenvalue weighted by Crippen LogP contribution is 2.07. The summed E-state index contributed by atoms with van der Waals surface area (Å²) in [6.45, 7) is 0.855. The zero-order valence-electron chi connectivity index (χ0n) is 5.58. The van der Waals surface area contributed by atoms with Crippen LogP contribution in [0.1, 0.15) is 19.3 Å². The highest BCUT2D eigenvalue weighted by atomic mass is 32.2.